The molecule has 0 atom stereocenters. The first-order valence-electron chi connectivity index (χ1n) is 7.42. The van der Waals surface area contributed by atoms with Crippen molar-refractivity contribution in [3.63, 3.8) is 0 Å². The summed E-state index contributed by atoms with van der Waals surface area (Å²) in [6.45, 7) is 1.11. The highest BCUT2D eigenvalue weighted by molar-refractivity contribution is 7.97. The number of hydrogen-bond donors (Lipinski definition) is 4. The van der Waals surface area contributed by atoms with E-state index in [1.807, 2.05) is 0 Å². The first kappa shape index (κ1) is 22.5. The first-order valence-corrected chi connectivity index (χ1v) is 9.06. The smallest absolute Gasteiger partial charge is 0.186 e. The van der Waals surface area contributed by atoms with Gasteiger partial charge in [0.2, 0.25) is 0 Å². The van der Waals surface area contributed by atoms with Gasteiger partial charge in [-0.25, -0.2) is 30.7 Å². The summed E-state index contributed by atoms with van der Waals surface area (Å²) in [6, 6.07) is 0. The molecule has 28 heavy (non-hydrogen) atoms. The summed E-state index contributed by atoms with van der Waals surface area (Å²) in [5, 5.41) is 0. The van der Waals surface area contributed by atoms with Crippen molar-refractivity contribution in [3.05, 3.63) is 46.3 Å². The molecule has 0 spiro atoms. The van der Waals surface area contributed by atoms with E-state index in [9.17, 15) is 30.7 Å². The van der Waals surface area contributed by atoms with Crippen molar-refractivity contribution in [2.24, 2.45) is 0 Å². The van der Waals surface area contributed by atoms with Crippen LogP contribution in [0.3, 0.4) is 0 Å². The third-order valence-electron chi connectivity index (χ3n) is 3.50. The molecular formula is C15H13F7N4S2. The molecule has 0 fully saturated rings. The van der Waals surface area contributed by atoms with Gasteiger partial charge in [0.15, 0.2) is 34.9 Å². The largest absolute Gasteiger partial charge is 0.396 e. The van der Waals surface area contributed by atoms with Gasteiger partial charge in [-0.05, 0) is 30.8 Å². The highest BCUT2D eigenvalue weighted by atomic mass is 32.2. The summed E-state index contributed by atoms with van der Waals surface area (Å²) >= 11 is 0.701. The van der Waals surface area contributed by atoms with Crippen LogP contribution in [-0.4, -0.2) is 13.1 Å². The molecule has 4 nitrogen and oxygen atoms in total. The minimum absolute atomic E-state index is 0.0231. The molecule has 0 heterocycles. The number of benzene rings is 2. The molecule has 0 radical (unpaired) electrons. The van der Waals surface area contributed by atoms with E-state index in [-0.39, 0.29) is 30.6 Å². The molecule has 0 aliphatic rings. The standard InChI is InChI=1S/C15H13F7N4S2/c1-4-5(16)14(9(20)6(17)12(4)23)27-25-2-3-26-28-15-10(21)7(18)13(24)8(19)11(15)22/h25-26H,2-3,23-24H2,1H3. The second-order valence-corrected chi connectivity index (χ2v) is 7.10. The molecule has 2 rings (SSSR count). The molecule has 0 aliphatic heterocycles. The molecule has 0 aromatic heterocycles. The normalized spacial score (nSPS) is 11.3. The van der Waals surface area contributed by atoms with Gasteiger partial charge >= 0.3 is 0 Å². The van der Waals surface area contributed by atoms with Crippen LogP contribution in [-0.2, 0) is 0 Å². The Morgan fingerprint density at radius 2 is 0.964 bits per heavy atom. The minimum atomic E-state index is -1.72. The average Bonchev–Trinajstić information content (AvgIpc) is 2.68. The number of nitrogen functional groups attached to an aromatic ring is 2. The zero-order chi connectivity index (χ0) is 21.2. The van der Waals surface area contributed by atoms with Crippen LogP contribution >= 0.6 is 23.9 Å². The van der Waals surface area contributed by atoms with E-state index in [1.54, 1.807) is 0 Å². The molecule has 0 saturated heterocycles. The van der Waals surface area contributed by atoms with Crippen LogP contribution in [0.25, 0.3) is 0 Å². The van der Waals surface area contributed by atoms with Crippen LogP contribution in [0.2, 0.25) is 0 Å². The Bertz CT molecular complexity index is 779. The average molecular weight is 446 g/mol. The Labute approximate surface area is 163 Å². The Morgan fingerprint density at radius 1 is 0.607 bits per heavy atom. The van der Waals surface area contributed by atoms with Crippen molar-refractivity contribution in [1.82, 2.24) is 9.44 Å². The lowest BCUT2D eigenvalue weighted by atomic mass is 10.2. The van der Waals surface area contributed by atoms with Crippen molar-refractivity contribution in [1.29, 1.82) is 0 Å². The fourth-order valence-corrected chi connectivity index (χ4v) is 3.40. The van der Waals surface area contributed by atoms with Crippen molar-refractivity contribution in [3.8, 4) is 0 Å². The van der Waals surface area contributed by atoms with Gasteiger partial charge < -0.3 is 11.5 Å². The predicted octanol–water partition coefficient (Wildman–Crippen LogP) is 4.03. The fraction of sp³-hybridized carbons (Fsp3) is 0.200. The number of anilines is 2. The Balaban J connectivity index is 1.93. The Hall–Kier alpha value is -1.83. The zero-order valence-electron chi connectivity index (χ0n) is 14.0. The van der Waals surface area contributed by atoms with E-state index < -0.39 is 61.9 Å². The number of rotatable bonds is 7. The van der Waals surface area contributed by atoms with Gasteiger partial charge in [-0.2, -0.15) is 0 Å². The van der Waals surface area contributed by atoms with Gasteiger partial charge in [0.25, 0.3) is 0 Å². The van der Waals surface area contributed by atoms with Crippen LogP contribution in [0.15, 0.2) is 9.79 Å². The molecule has 13 heteroatoms. The lowest BCUT2D eigenvalue weighted by molar-refractivity contribution is 0.431. The van der Waals surface area contributed by atoms with Crippen molar-refractivity contribution in [2.45, 2.75) is 16.7 Å². The van der Waals surface area contributed by atoms with Gasteiger partial charge in [-0.3, -0.25) is 9.44 Å². The van der Waals surface area contributed by atoms with E-state index in [0.29, 0.717) is 11.9 Å². The highest BCUT2D eigenvalue weighted by Crippen LogP contribution is 2.32. The number of nitrogens with two attached hydrogens (primary N) is 2. The quantitative estimate of drug-likeness (QED) is 0.169. The predicted molar refractivity (Wildman–Crippen MR) is 93.9 cm³/mol. The third-order valence-corrected chi connectivity index (χ3v) is 5.32. The van der Waals surface area contributed by atoms with Gasteiger partial charge in [0.1, 0.15) is 16.4 Å². The first-order chi connectivity index (χ1) is 13.1. The molecule has 0 amide bonds. The SMILES string of the molecule is Cc1c(N)c(F)c(F)c(SNCCNSc2c(F)c(F)c(N)c(F)c2F)c1F. The van der Waals surface area contributed by atoms with Gasteiger partial charge in [-0.15, -0.1) is 0 Å². The summed E-state index contributed by atoms with van der Waals surface area (Å²) in [5.41, 5.74) is 7.97. The van der Waals surface area contributed by atoms with Gasteiger partial charge in [0, 0.05) is 18.7 Å². The van der Waals surface area contributed by atoms with Crippen LogP contribution < -0.4 is 20.9 Å². The van der Waals surface area contributed by atoms with E-state index in [2.05, 4.69) is 9.44 Å². The molecule has 2 aromatic rings. The summed E-state index contributed by atoms with van der Waals surface area (Å²) in [6.07, 6.45) is 0. The minimum Gasteiger partial charge on any atom is -0.396 e. The summed E-state index contributed by atoms with van der Waals surface area (Å²) in [5.74, 6) is -10.6. The summed E-state index contributed by atoms with van der Waals surface area (Å²) in [7, 11) is 0. The van der Waals surface area contributed by atoms with Crippen molar-refractivity contribution >= 4 is 35.3 Å². The summed E-state index contributed by atoms with van der Waals surface area (Å²) < 4.78 is 100. The molecule has 6 N–H and O–H groups in total. The lowest BCUT2D eigenvalue weighted by Crippen LogP contribution is -2.20. The monoisotopic (exact) mass is 446 g/mol. The maximum Gasteiger partial charge on any atom is 0.186 e. The van der Waals surface area contributed by atoms with Crippen molar-refractivity contribution in [2.75, 3.05) is 24.6 Å². The molecular weight excluding hydrogens is 433 g/mol. The highest BCUT2D eigenvalue weighted by Gasteiger charge is 2.24. The van der Waals surface area contributed by atoms with Crippen LogP contribution in [0.4, 0.5) is 42.1 Å². The van der Waals surface area contributed by atoms with Gasteiger partial charge in [-0.1, -0.05) is 0 Å². The van der Waals surface area contributed by atoms with E-state index in [1.165, 1.54) is 6.92 Å². The Morgan fingerprint density at radius 3 is 1.39 bits per heavy atom. The molecule has 2 aromatic carbocycles. The molecule has 0 unspecified atom stereocenters. The second kappa shape index (κ2) is 9.11. The number of hydrogen-bond acceptors (Lipinski definition) is 6. The summed E-state index contributed by atoms with van der Waals surface area (Å²) in [4.78, 5) is -1.61. The second-order valence-electron chi connectivity index (χ2n) is 5.30. The van der Waals surface area contributed by atoms with E-state index in [4.69, 9.17) is 11.5 Å². The van der Waals surface area contributed by atoms with Crippen LogP contribution in [0.1, 0.15) is 5.56 Å². The fourth-order valence-electron chi connectivity index (χ4n) is 1.92. The number of halogens is 7. The van der Waals surface area contributed by atoms with Crippen molar-refractivity contribution < 1.29 is 30.7 Å². The molecule has 154 valence electrons. The molecule has 0 saturated carbocycles. The maximum absolute atomic E-state index is 14.0. The number of nitrogens with one attached hydrogen (secondary N) is 2. The maximum atomic E-state index is 14.0. The molecule has 0 aliphatic carbocycles. The van der Waals surface area contributed by atoms with Crippen LogP contribution in [0.5, 0.6) is 0 Å². The lowest BCUT2D eigenvalue weighted by Gasteiger charge is -2.12. The van der Waals surface area contributed by atoms with E-state index in [0.717, 1.165) is 0 Å². The third kappa shape index (κ3) is 4.26. The van der Waals surface area contributed by atoms with Crippen LogP contribution in [0, 0.1) is 47.6 Å². The topological polar surface area (TPSA) is 76.1 Å². The zero-order valence-corrected chi connectivity index (χ0v) is 15.7. The Kier molecular flexibility index (Phi) is 7.31. The van der Waals surface area contributed by atoms with E-state index >= 15 is 0 Å². The van der Waals surface area contributed by atoms with Gasteiger partial charge in [0.05, 0.1) is 10.6 Å². The molecule has 0 bridgehead atoms.